The topological polar surface area (TPSA) is 49.9 Å². The van der Waals surface area contributed by atoms with Crippen LogP contribution in [0.4, 0.5) is 5.69 Å². The summed E-state index contributed by atoms with van der Waals surface area (Å²) in [5.41, 5.74) is 4.47. The summed E-state index contributed by atoms with van der Waals surface area (Å²) in [7, 11) is -3.62. The van der Waals surface area contributed by atoms with E-state index < -0.39 is 10.0 Å². The molecule has 0 unspecified atom stereocenters. The first-order valence-corrected chi connectivity index (χ1v) is 11.8. The molecule has 0 aliphatic carbocycles. The van der Waals surface area contributed by atoms with Crippen molar-refractivity contribution >= 4 is 15.7 Å². The summed E-state index contributed by atoms with van der Waals surface area (Å²) in [5, 5.41) is 0. The molecule has 0 bridgehead atoms. The smallest absolute Gasteiger partial charge is 0.246 e. The number of nitrogens with zero attached hydrogens (tertiary/aromatic N) is 2. The van der Waals surface area contributed by atoms with Gasteiger partial charge < -0.3 is 9.64 Å². The minimum absolute atomic E-state index is 0.248. The van der Waals surface area contributed by atoms with Gasteiger partial charge in [0.2, 0.25) is 10.0 Å². The van der Waals surface area contributed by atoms with Crippen LogP contribution in [0.5, 0.6) is 5.75 Å². The van der Waals surface area contributed by atoms with Crippen molar-refractivity contribution in [3.05, 3.63) is 53.1 Å². The van der Waals surface area contributed by atoms with Gasteiger partial charge in [0, 0.05) is 31.9 Å². The van der Waals surface area contributed by atoms with Gasteiger partial charge in [-0.1, -0.05) is 31.5 Å². The predicted molar refractivity (Wildman–Crippen MR) is 119 cm³/mol. The largest absolute Gasteiger partial charge is 0.492 e. The zero-order valence-corrected chi connectivity index (χ0v) is 18.9. The van der Waals surface area contributed by atoms with E-state index in [4.69, 9.17) is 4.74 Å². The number of rotatable bonds is 6. The van der Waals surface area contributed by atoms with Crippen molar-refractivity contribution in [1.82, 2.24) is 4.31 Å². The molecular formula is C23H32N2O3S. The number of anilines is 1. The Hall–Kier alpha value is -2.05. The molecule has 1 heterocycles. The maximum Gasteiger partial charge on any atom is 0.246 e. The Kier molecular flexibility index (Phi) is 6.54. The lowest BCUT2D eigenvalue weighted by Gasteiger charge is -2.35. The molecule has 0 aromatic heterocycles. The van der Waals surface area contributed by atoms with Crippen LogP contribution in [-0.2, 0) is 10.0 Å². The average molecular weight is 417 g/mol. The predicted octanol–water partition coefficient (Wildman–Crippen LogP) is 4.34. The molecule has 0 atom stereocenters. The van der Waals surface area contributed by atoms with Gasteiger partial charge >= 0.3 is 0 Å². The molecule has 1 saturated heterocycles. The second kappa shape index (κ2) is 8.76. The van der Waals surface area contributed by atoms with Crippen molar-refractivity contribution in [2.24, 2.45) is 0 Å². The minimum atomic E-state index is -3.62. The van der Waals surface area contributed by atoms with Gasteiger partial charge in [-0.05, 0) is 62.1 Å². The molecule has 2 aromatic carbocycles. The summed E-state index contributed by atoms with van der Waals surface area (Å²) < 4.78 is 34.3. The van der Waals surface area contributed by atoms with Crippen molar-refractivity contribution < 1.29 is 13.2 Å². The van der Waals surface area contributed by atoms with Gasteiger partial charge in [-0.25, -0.2) is 8.42 Å². The fourth-order valence-corrected chi connectivity index (χ4v) is 5.42. The third kappa shape index (κ3) is 4.59. The van der Waals surface area contributed by atoms with E-state index in [0.717, 1.165) is 16.8 Å². The quantitative estimate of drug-likeness (QED) is 0.703. The molecule has 5 nitrogen and oxygen atoms in total. The normalized spacial score (nSPS) is 15.7. The van der Waals surface area contributed by atoms with Gasteiger partial charge in [0.15, 0.2) is 0 Å². The average Bonchev–Trinajstić information content (AvgIpc) is 2.68. The minimum Gasteiger partial charge on any atom is -0.492 e. The lowest BCUT2D eigenvalue weighted by molar-refractivity contribution is 0.327. The Morgan fingerprint density at radius 3 is 2.17 bits per heavy atom. The standard InChI is InChI=1S/C23H32N2O3S/c1-6-28-22-15-19(5)21(17(2)3)16-23(22)29(26,27)25-13-11-24(12-14-25)20-9-7-18(4)8-10-20/h7-10,15-17H,6,11-14H2,1-5H3. The summed E-state index contributed by atoms with van der Waals surface area (Å²) in [6.45, 7) is 12.8. The van der Waals surface area contributed by atoms with E-state index in [2.05, 4.69) is 49.9 Å². The second-order valence-electron chi connectivity index (χ2n) is 7.97. The number of hydrogen-bond donors (Lipinski definition) is 0. The summed E-state index contributed by atoms with van der Waals surface area (Å²) >= 11 is 0. The molecule has 2 aromatic rings. The monoisotopic (exact) mass is 416 g/mol. The van der Waals surface area contributed by atoms with Crippen LogP contribution in [0.25, 0.3) is 0 Å². The molecule has 1 fully saturated rings. The van der Waals surface area contributed by atoms with Crippen LogP contribution in [0.1, 0.15) is 43.4 Å². The van der Waals surface area contributed by atoms with Crippen LogP contribution in [-0.4, -0.2) is 45.5 Å². The van der Waals surface area contributed by atoms with Crippen LogP contribution >= 0.6 is 0 Å². The lowest BCUT2D eigenvalue weighted by atomic mass is 9.98. The zero-order chi connectivity index (χ0) is 21.2. The molecule has 0 radical (unpaired) electrons. The van der Waals surface area contributed by atoms with Gasteiger partial charge in [-0.15, -0.1) is 0 Å². The molecule has 158 valence electrons. The SMILES string of the molecule is CCOc1cc(C)c(C(C)C)cc1S(=O)(=O)N1CCN(c2ccc(C)cc2)CC1. The summed E-state index contributed by atoms with van der Waals surface area (Å²) in [4.78, 5) is 2.53. The van der Waals surface area contributed by atoms with E-state index in [9.17, 15) is 8.42 Å². The van der Waals surface area contributed by atoms with Crippen LogP contribution < -0.4 is 9.64 Å². The van der Waals surface area contributed by atoms with Gasteiger partial charge in [0.25, 0.3) is 0 Å². The molecule has 0 spiro atoms. The molecular weight excluding hydrogens is 384 g/mol. The van der Waals surface area contributed by atoms with E-state index in [-0.39, 0.29) is 10.8 Å². The molecule has 29 heavy (non-hydrogen) atoms. The van der Waals surface area contributed by atoms with Crippen molar-refractivity contribution in [2.45, 2.75) is 45.4 Å². The fourth-order valence-electron chi connectivity index (χ4n) is 3.85. The van der Waals surface area contributed by atoms with Gasteiger partial charge in [-0.3, -0.25) is 0 Å². The highest BCUT2D eigenvalue weighted by Crippen LogP contribution is 2.33. The Morgan fingerprint density at radius 1 is 1.00 bits per heavy atom. The number of piperazine rings is 1. The van der Waals surface area contributed by atoms with Crippen LogP contribution in [0.2, 0.25) is 0 Å². The Bertz CT molecular complexity index is 945. The highest BCUT2D eigenvalue weighted by atomic mass is 32.2. The van der Waals surface area contributed by atoms with E-state index in [1.165, 1.54) is 5.56 Å². The number of benzene rings is 2. The first-order valence-electron chi connectivity index (χ1n) is 10.3. The number of aryl methyl sites for hydroxylation is 2. The van der Waals surface area contributed by atoms with Crippen molar-refractivity contribution in [2.75, 3.05) is 37.7 Å². The van der Waals surface area contributed by atoms with Crippen LogP contribution in [0.15, 0.2) is 41.3 Å². The third-order valence-corrected chi connectivity index (χ3v) is 7.43. The molecule has 6 heteroatoms. The maximum atomic E-state index is 13.5. The molecule has 0 amide bonds. The van der Waals surface area contributed by atoms with E-state index >= 15 is 0 Å². The lowest BCUT2D eigenvalue weighted by Crippen LogP contribution is -2.48. The molecule has 0 N–H and O–H groups in total. The second-order valence-corrected chi connectivity index (χ2v) is 9.88. The van der Waals surface area contributed by atoms with E-state index in [1.807, 2.05) is 26.0 Å². The number of sulfonamides is 1. The highest BCUT2D eigenvalue weighted by Gasteiger charge is 2.32. The van der Waals surface area contributed by atoms with E-state index in [1.54, 1.807) is 4.31 Å². The first-order chi connectivity index (χ1) is 13.7. The van der Waals surface area contributed by atoms with Crippen LogP contribution in [0.3, 0.4) is 0 Å². The molecule has 1 aliphatic heterocycles. The molecule has 1 aliphatic rings. The Labute approximate surface area is 175 Å². The number of hydrogen-bond acceptors (Lipinski definition) is 4. The third-order valence-electron chi connectivity index (χ3n) is 5.51. The van der Waals surface area contributed by atoms with Crippen LogP contribution in [0, 0.1) is 13.8 Å². The van der Waals surface area contributed by atoms with Crippen molar-refractivity contribution in [1.29, 1.82) is 0 Å². The number of ether oxygens (including phenoxy) is 1. The Balaban J connectivity index is 1.86. The van der Waals surface area contributed by atoms with E-state index in [0.29, 0.717) is 38.5 Å². The zero-order valence-electron chi connectivity index (χ0n) is 18.1. The summed E-state index contributed by atoms with van der Waals surface area (Å²) in [6, 6.07) is 12.1. The molecule has 0 saturated carbocycles. The maximum absolute atomic E-state index is 13.5. The summed E-state index contributed by atoms with van der Waals surface area (Å²) in [5.74, 6) is 0.702. The van der Waals surface area contributed by atoms with Gasteiger partial charge in [-0.2, -0.15) is 4.31 Å². The Morgan fingerprint density at radius 2 is 1.62 bits per heavy atom. The fraction of sp³-hybridized carbons (Fsp3) is 0.478. The van der Waals surface area contributed by atoms with Gasteiger partial charge in [0.1, 0.15) is 10.6 Å². The molecule has 3 rings (SSSR count). The highest BCUT2D eigenvalue weighted by molar-refractivity contribution is 7.89. The van der Waals surface area contributed by atoms with Crippen molar-refractivity contribution in [3.8, 4) is 5.75 Å². The first kappa shape index (κ1) is 21.7. The van der Waals surface area contributed by atoms with Gasteiger partial charge in [0.05, 0.1) is 6.61 Å². The van der Waals surface area contributed by atoms with Crippen molar-refractivity contribution in [3.63, 3.8) is 0 Å². The summed E-state index contributed by atoms with van der Waals surface area (Å²) in [6.07, 6.45) is 0.